The van der Waals surface area contributed by atoms with Crippen molar-refractivity contribution in [3.63, 3.8) is 0 Å². The van der Waals surface area contributed by atoms with Crippen LogP contribution in [0.2, 0.25) is 10.0 Å². The summed E-state index contributed by atoms with van der Waals surface area (Å²) in [5.41, 5.74) is 9.22. The lowest BCUT2D eigenvalue weighted by molar-refractivity contribution is 0.0698. The lowest BCUT2D eigenvalue weighted by Crippen LogP contribution is -2.43. The molecule has 57 heavy (non-hydrogen) atoms. The van der Waals surface area contributed by atoms with Gasteiger partial charge in [0.25, 0.3) is 5.91 Å². The number of aryl methyl sites for hydroxylation is 5. The highest BCUT2D eigenvalue weighted by Gasteiger charge is 2.38. The third-order valence-corrected chi connectivity index (χ3v) is 12.0. The largest absolute Gasteiger partial charge is 0.508 e. The molecule has 2 N–H and O–H groups in total. The van der Waals surface area contributed by atoms with Crippen molar-refractivity contribution in [1.82, 2.24) is 23.9 Å². The molecule has 4 aromatic heterocycles. The van der Waals surface area contributed by atoms with E-state index in [1.54, 1.807) is 27.9 Å². The summed E-state index contributed by atoms with van der Waals surface area (Å²) in [5.74, 6) is -0.842. The number of phenols is 1. The lowest BCUT2D eigenvalue weighted by atomic mass is 9.98. The highest BCUT2D eigenvalue weighted by atomic mass is 35.5. The lowest BCUT2D eigenvalue weighted by Gasteiger charge is -2.35. The molecule has 0 saturated heterocycles. The Morgan fingerprint density at radius 1 is 0.982 bits per heavy atom. The number of rotatable bonds is 10. The Balaban J connectivity index is 1.30. The predicted octanol–water partition coefficient (Wildman–Crippen LogP) is 9.62. The van der Waals surface area contributed by atoms with Gasteiger partial charge in [-0.15, -0.1) is 0 Å². The Labute approximate surface area is 339 Å². The van der Waals surface area contributed by atoms with Crippen LogP contribution in [0.1, 0.15) is 74.0 Å². The number of pyridine rings is 1. The van der Waals surface area contributed by atoms with Gasteiger partial charge in [0.1, 0.15) is 17.2 Å². The first-order valence-corrected chi connectivity index (χ1v) is 19.6. The van der Waals surface area contributed by atoms with E-state index in [9.17, 15) is 15.0 Å². The number of fused-ring (bicyclic) bond motifs is 4. The fourth-order valence-electron chi connectivity index (χ4n) is 8.51. The second-order valence-corrected chi connectivity index (χ2v) is 15.7. The van der Waals surface area contributed by atoms with E-state index in [4.69, 9.17) is 33.0 Å². The van der Waals surface area contributed by atoms with Gasteiger partial charge >= 0.3 is 5.97 Å². The van der Waals surface area contributed by atoms with E-state index in [1.807, 2.05) is 81.9 Å². The number of halogens is 2. The molecule has 7 aromatic rings. The number of hydrogen-bond acceptors (Lipinski definition) is 6. The number of aromatic hydroxyl groups is 1. The molecule has 0 fully saturated rings. The molecule has 1 atom stereocenters. The van der Waals surface area contributed by atoms with Crippen LogP contribution in [0.5, 0.6) is 11.5 Å². The molecule has 0 bridgehead atoms. The summed E-state index contributed by atoms with van der Waals surface area (Å²) in [5, 5.41) is 28.6. The van der Waals surface area contributed by atoms with Crippen LogP contribution < -0.4 is 9.64 Å². The maximum Gasteiger partial charge on any atom is 0.337 e. The normalized spacial score (nSPS) is 14.2. The van der Waals surface area contributed by atoms with Gasteiger partial charge in [0.05, 0.1) is 51.8 Å². The highest BCUT2D eigenvalue weighted by Crippen LogP contribution is 2.46. The zero-order valence-electron chi connectivity index (χ0n) is 32.5. The predicted molar refractivity (Wildman–Crippen MR) is 224 cm³/mol. The SMILES string of the molecule is Cc1cc(OCCCc2c3n(c4c(-c5c(C)nn(C)c5C)c(Cl)ccc24)C(C)CN(c2cc(O)cc4c(C(=O)O)cn(Cc5ccccn5)c24)C3=O)cc(C)c1Cl. The molecule has 8 rings (SSSR count). The number of carbonyl (C=O) groups excluding carboxylic acids is 1. The number of nitrogens with zero attached hydrogens (tertiary/aromatic N) is 6. The maximum absolute atomic E-state index is 15.3. The average Bonchev–Trinajstić information content (AvgIpc) is 3.79. The molecule has 0 radical (unpaired) electrons. The Morgan fingerprint density at radius 3 is 2.40 bits per heavy atom. The van der Waals surface area contributed by atoms with Crippen LogP contribution in [0.4, 0.5) is 5.69 Å². The highest BCUT2D eigenvalue weighted by molar-refractivity contribution is 6.35. The van der Waals surface area contributed by atoms with Crippen molar-refractivity contribution in [2.24, 2.45) is 7.05 Å². The zero-order valence-corrected chi connectivity index (χ0v) is 34.0. The first-order chi connectivity index (χ1) is 27.2. The molecule has 1 aliphatic rings. The summed E-state index contributed by atoms with van der Waals surface area (Å²) in [4.78, 5) is 34.1. The molecule has 292 valence electrons. The molecular weight excluding hydrogens is 763 g/mol. The second kappa shape index (κ2) is 14.6. The molecule has 1 amide bonds. The molecule has 0 aliphatic carbocycles. The Morgan fingerprint density at radius 2 is 1.74 bits per heavy atom. The van der Waals surface area contributed by atoms with Gasteiger partial charge in [0.15, 0.2) is 0 Å². The van der Waals surface area contributed by atoms with Crippen molar-refractivity contribution in [3.8, 4) is 22.6 Å². The number of carboxylic acid groups (broad SMARTS) is 1. The van der Waals surface area contributed by atoms with E-state index in [0.717, 1.165) is 55.9 Å². The third-order valence-electron chi connectivity index (χ3n) is 11.1. The molecule has 1 unspecified atom stereocenters. The van der Waals surface area contributed by atoms with Crippen LogP contribution in [0.3, 0.4) is 0 Å². The summed E-state index contributed by atoms with van der Waals surface area (Å²) in [6, 6.07) is 16.0. The summed E-state index contributed by atoms with van der Waals surface area (Å²) in [6.07, 6.45) is 4.33. The van der Waals surface area contributed by atoms with E-state index in [1.165, 1.54) is 6.07 Å². The van der Waals surface area contributed by atoms with Crippen molar-refractivity contribution < 1.29 is 24.5 Å². The average molecular weight is 806 g/mol. The number of benzene rings is 3. The van der Waals surface area contributed by atoms with Crippen LogP contribution in [-0.2, 0) is 20.0 Å². The topological polar surface area (TPSA) is 128 Å². The van der Waals surface area contributed by atoms with Crippen LogP contribution in [-0.4, -0.2) is 59.1 Å². The smallest absolute Gasteiger partial charge is 0.337 e. The maximum atomic E-state index is 15.3. The number of carbonyl (C=O) groups is 2. The number of aromatic carboxylic acids is 1. The first-order valence-electron chi connectivity index (χ1n) is 18.8. The van der Waals surface area contributed by atoms with Crippen LogP contribution in [0.25, 0.3) is 32.9 Å². The standard InChI is InChI=1S/C44H42Cl2N6O5/c1-23-16-30(17-24(2)39(23)46)57-15-9-11-31-32-12-13-35(45)38(37-26(4)48-49(6)27(37)5)41(32)52-25(3)20-51(43(54)42(31)52)36-19-29(53)18-33-34(44(55)56)22-50(40(33)36)21-28-10-7-8-14-47-28/h7-8,10,12-14,16-19,22,25,53H,9,11,15,20-21H2,1-6H3,(H,55,56). The van der Waals surface area contributed by atoms with E-state index < -0.39 is 5.97 Å². The Bertz CT molecular complexity index is 2740. The van der Waals surface area contributed by atoms with Gasteiger partial charge < -0.3 is 29.0 Å². The number of anilines is 1. The van der Waals surface area contributed by atoms with E-state index >= 15 is 4.79 Å². The van der Waals surface area contributed by atoms with E-state index in [2.05, 4.69) is 16.5 Å². The molecule has 1 aliphatic heterocycles. The minimum Gasteiger partial charge on any atom is -0.508 e. The Hall–Kier alpha value is -5.78. The third kappa shape index (κ3) is 6.48. The number of phenolic OH excluding ortho intramolecular Hbond substituents is 1. The minimum atomic E-state index is -1.14. The van der Waals surface area contributed by atoms with Crippen molar-refractivity contribution in [3.05, 3.63) is 122 Å². The zero-order chi connectivity index (χ0) is 40.4. The second-order valence-electron chi connectivity index (χ2n) is 14.9. The molecular formula is C44H42Cl2N6O5. The van der Waals surface area contributed by atoms with Gasteiger partial charge in [-0.25, -0.2) is 4.79 Å². The van der Waals surface area contributed by atoms with Crippen molar-refractivity contribution in [1.29, 1.82) is 0 Å². The van der Waals surface area contributed by atoms with Gasteiger partial charge in [-0.1, -0.05) is 35.3 Å². The number of amides is 1. The van der Waals surface area contributed by atoms with Crippen molar-refractivity contribution >= 4 is 62.6 Å². The molecule has 0 spiro atoms. The monoisotopic (exact) mass is 804 g/mol. The molecule has 0 saturated carbocycles. The quantitative estimate of drug-likeness (QED) is 0.132. The summed E-state index contributed by atoms with van der Waals surface area (Å²) in [6.45, 7) is 10.8. The van der Waals surface area contributed by atoms with Gasteiger partial charge in [-0.05, 0) is 101 Å². The molecule has 5 heterocycles. The van der Waals surface area contributed by atoms with Crippen molar-refractivity contribution in [2.45, 2.75) is 60.0 Å². The van der Waals surface area contributed by atoms with Gasteiger partial charge in [-0.2, -0.15) is 5.10 Å². The fourth-order valence-corrected chi connectivity index (χ4v) is 8.86. The summed E-state index contributed by atoms with van der Waals surface area (Å²) in [7, 11) is 1.90. The number of ether oxygens (including phenoxy) is 1. The summed E-state index contributed by atoms with van der Waals surface area (Å²) >= 11 is 13.5. The number of carboxylic acids is 1. The molecule has 3 aromatic carbocycles. The molecule has 11 nitrogen and oxygen atoms in total. The fraction of sp³-hybridized carbons (Fsp3) is 0.273. The Kier molecular flexibility index (Phi) is 9.78. The van der Waals surface area contributed by atoms with Gasteiger partial charge in [0, 0.05) is 70.7 Å². The molecule has 13 heteroatoms. The van der Waals surface area contributed by atoms with Crippen molar-refractivity contribution in [2.75, 3.05) is 18.1 Å². The van der Waals surface area contributed by atoms with E-state index in [0.29, 0.717) is 57.5 Å². The van der Waals surface area contributed by atoms with Crippen LogP contribution in [0.15, 0.2) is 67.0 Å². The van der Waals surface area contributed by atoms with Gasteiger partial charge in [0.2, 0.25) is 0 Å². The number of aromatic nitrogens is 5. The van der Waals surface area contributed by atoms with Crippen LogP contribution >= 0.6 is 23.2 Å². The van der Waals surface area contributed by atoms with Gasteiger partial charge in [-0.3, -0.25) is 14.5 Å². The number of hydrogen-bond donors (Lipinski definition) is 2. The minimum absolute atomic E-state index is 0.0120. The van der Waals surface area contributed by atoms with E-state index in [-0.39, 0.29) is 36.4 Å². The first kappa shape index (κ1) is 38.1. The summed E-state index contributed by atoms with van der Waals surface area (Å²) < 4.78 is 12.0. The van der Waals surface area contributed by atoms with Crippen LogP contribution in [0, 0.1) is 27.7 Å².